The number of carbonyl (C=O) groups excluding carboxylic acids is 6. The van der Waals surface area contributed by atoms with E-state index in [2.05, 4.69) is 38.8 Å². The van der Waals surface area contributed by atoms with Gasteiger partial charge >= 0.3 is 0 Å². The maximum atomic E-state index is 13.8. The lowest BCUT2D eigenvalue weighted by Gasteiger charge is -2.28. The van der Waals surface area contributed by atoms with Crippen LogP contribution >= 0.6 is 0 Å². The van der Waals surface area contributed by atoms with Crippen molar-refractivity contribution < 1.29 is 28.8 Å². The molecule has 1 saturated heterocycles. The summed E-state index contributed by atoms with van der Waals surface area (Å²) in [4.78, 5) is 80.7. The summed E-state index contributed by atoms with van der Waals surface area (Å²) in [5.74, 6) is -3.16. The topological polar surface area (TPSA) is 175 Å². The highest BCUT2D eigenvalue weighted by molar-refractivity contribution is 5.97. The van der Waals surface area contributed by atoms with E-state index in [-0.39, 0.29) is 43.6 Å². The quantitative estimate of drug-likeness (QED) is 0.155. The number of amides is 6. The van der Waals surface area contributed by atoms with Crippen molar-refractivity contribution in [3.05, 3.63) is 35.9 Å². The number of hydrogen-bond donors (Lipinski definition) is 6. The highest BCUT2D eigenvalue weighted by Gasteiger charge is 2.33. The number of benzene rings is 1. The van der Waals surface area contributed by atoms with E-state index < -0.39 is 59.7 Å². The van der Waals surface area contributed by atoms with Gasteiger partial charge in [-0.15, -0.1) is 0 Å². The smallest absolute Gasteiger partial charge is 0.245 e. The maximum absolute atomic E-state index is 13.8. The molecule has 6 N–H and O–H groups in total. The third kappa shape index (κ3) is 15.9. The van der Waals surface area contributed by atoms with E-state index in [4.69, 9.17) is 0 Å². The van der Waals surface area contributed by atoms with Gasteiger partial charge in [0.25, 0.3) is 0 Å². The van der Waals surface area contributed by atoms with Crippen LogP contribution in [0.2, 0.25) is 0 Å². The highest BCUT2D eigenvalue weighted by atomic mass is 16.2. The normalized spacial score (nSPS) is 22.9. The van der Waals surface area contributed by atoms with Crippen LogP contribution in [0.1, 0.15) is 111 Å². The van der Waals surface area contributed by atoms with Gasteiger partial charge in [-0.2, -0.15) is 0 Å². The van der Waals surface area contributed by atoms with Crippen molar-refractivity contribution in [3.8, 4) is 0 Å². The van der Waals surface area contributed by atoms with Crippen LogP contribution in [0.5, 0.6) is 0 Å². The molecule has 2 rings (SSSR count). The Kier molecular flexibility index (Phi) is 18.4. The molecular formula is C37H60N6O6. The Bertz CT molecular complexity index is 1220. The van der Waals surface area contributed by atoms with Crippen LogP contribution < -0.4 is 31.9 Å². The van der Waals surface area contributed by atoms with Gasteiger partial charge in [0.15, 0.2) is 0 Å². The van der Waals surface area contributed by atoms with E-state index in [1.165, 1.54) is 19.8 Å². The SMILES string of the molecule is CCCCCCCCCC(=O)N[C@H]1CNC(=O)[C@H](CC(C)C)NC(=O)[C@H](C)NC(=O)[C@H](CC(C)C)NC(=O)[C@H](Cc2ccccc2)NC1=O. The Morgan fingerprint density at radius 3 is 1.84 bits per heavy atom. The first kappa shape index (κ1) is 41.2. The largest absolute Gasteiger partial charge is 0.352 e. The summed E-state index contributed by atoms with van der Waals surface area (Å²) in [5.41, 5.74) is 0.775. The van der Waals surface area contributed by atoms with E-state index in [1.54, 1.807) is 0 Å². The summed E-state index contributed by atoms with van der Waals surface area (Å²) in [6.07, 6.45) is 8.16. The molecule has 1 fully saturated rings. The molecule has 274 valence electrons. The van der Waals surface area contributed by atoms with Crippen molar-refractivity contribution in [1.29, 1.82) is 0 Å². The van der Waals surface area contributed by atoms with Gasteiger partial charge in [-0.05, 0) is 43.6 Å². The molecule has 1 aliphatic rings. The van der Waals surface area contributed by atoms with Crippen molar-refractivity contribution in [3.63, 3.8) is 0 Å². The molecule has 0 spiro atoms. The Labute approximate surface area is 292 Å². The van der Waals surface area contributed by atoms with E-state index in [0.29, 0.717) is 12.8 Å². The molecule has 0 unspecified atom stereocenters. The van der Waals surface area contributed by atoms with Crippen molar-refractivity contribution in [2.24, 2.45) is 11.8 Å². The van der Waals surface area contributed by atoms with Gasteiger partial charge in [0.05, 0.1) is 0 Å². The number of rotatable bonds is 15. The van der Waals surface area contributed by atoms with Gasteiger partial charge in [-0.3, -0.25) is 28.8 Å². The molecule has 1 aromatic rings. The molecule has 0 aliphatic carbocycles. The first-order chi connectivity index (χ1) is 23.3. The maximum Gasteiger partial charge on any atom is 0.245 e. The average Bonchev–Trinajstić information content (AvgIpc) is 3.04. The van der Waals surface area contributed by atoms with Crippen LogP contribution in [0.3, 0.4) is 0 Å². The van der Waals surface area contributed by atoms with Crippen molar-refractivity contribution in [2.75, 3.05) is 6.54 Å². The summed E-state index contributed by atoms with van der Waals surface area (Å²) in [6, 6.07) is 3.93. The van der Waals surface area contributed by atoms with E-state index in [9.17, 15) is 28.8 Å². The number of hydrogen-bond acceptors (Lipinski definition) is 6. The Balaban J connectivity index is 2.40. The first-order valence-electron chi connectivity index (χ1n) is 18.1. The highest BCUT2D eigenvalue weighted by Crippen LogP contribution is 2.11. The molecule has 5 atom stereocenters. The van der Waals surface area contributed by atoms with Crippen LogP contribution in [0.4, 0.5) is 0 Å². The molecule has 0 radical (unpaired) electrons. The minimum Gasteiger partial charge on any atom is -0.352 e. The molecular weight excluding hydrogens is 624 g/mol. The lowest BCUT2D eigenvalue weighted by atomic mass is 10.00. The van der Waals surface area contributed by atoms with E-state index in [1.807, 2.05) is 58.0 Å². The molecule has 1 aliphatic heterocycles. The zero-order valence-electron chi connectivity index (χ0n) is 30.4. The summed E-state index contributed by atoms with van der Waals surface area (Å²) < 4.78 is 0. The lowest BCUT2D eigenvalue weighted by molar-refractivity contribution is -0.136. The monoisotopic (exact) mass is 684 g/mol. The molecule has 0 saturated carbocycles. The molecule has 12 heteroatoms. The van der Waals surface area contributed by atoms with Gasteiger partial charge < -0.3 is 31.9 Å². The third-order valence-electron chi connectivity index (χ3n) is 8.49. The van der Waals surface area contributed by atoms with Crippen LogP contribution in [0.25, 0.3) is 0 Å². The van der Waals surface area contributed by atoms with Crippen LogP contribution in [0, 0.1) is 11.8 Å². The van der Waals surface area contributed by atoms with E-state index in [0.717, 1.165) is 31.2 Å². The zero-order chi connectivity index (χ0) is 36.3. The van der Waals surface area contributed by atoms with Crippen LogP contribution in [0.15, 0.2) is 30.3 Å². The minimum atomic E-state index is -1.19. The van der Waals surface area contributed by atoms with Gasteiger partial charge in [0.1, 0.15) is 30.2 Å². The van der Waals surface area contributed by atoms with Crippen molar-refractivity contribution >= 4 is 35.4 Å². The van der Waals surface area contributed by atoms with Crippen molar-refractivity contribution in [2.45, 2.75) is 142 Å². The molecule has 6 amide bonds. The number of unbranched alkanes of at least 4 members (excludes halogenated alkanes) is 6. The molecule has 1 aromatic carbocycles. The predicted octanol–water partition coefficient (Wildman–Crippen LogP) is 3.04. The fraction of sp³-hybridized carbons (Fsp3) is 0.676. The standard InChI is InChI=1S/C37H60N6O6/c1-7-8-9-10-11-12-16-19-32(44)40-31-23-38-34(46)28(20-24(2)3)41-33(45)26(6)39-35(47)29(21-25(4)5)42-36(48)30(43-37(31)49)22-27-17-14-13-15-18-27/h13-15,17-18,24-26,28-31H,7-12,16,19-23H2,1-6H3,(H,38,46)(H,39,47)(H,40,44)(H,41,45)(H,42,48)(H,43,49)/t26-,28-,29-,30-,31-/m0/s1. The summed E-state index contributed by atoms with van der Waals surface area (Å²) >= 11 is 0. The van der Waals surface area contributed by atoms with Crippen LogP contribution in [-0.2, 0) is 35.2 Å². The Hall–Kier alpha value is -3.96. The molecule has 1 heterocycles. The number of nitrogens with one attached hydrogen (secondary N) is 6. The van der Waals surface area contributed by atoms with Crippen molar-refractivity contribution in [1.82, 2.24) is 31.9 Å². The fourth-order valence-corrected chi connectivity index (χ4v) is 5.73. The summed E-state index contributed by atoms with van der Waals surface area (Å²) in [7, 11) is 0. The fourth-order valence-electron chi connectivity index (χ4n) is 5.73. The second-order valence-corrected chi connectivity index (χ2v) is 14.1. The van der Waals surface area contributed by atoms with E-state index >= 15 is 0 Å². The van der Waals surface area contributed by atoms with Gasteiger partial charge in [-0.1, -0.05) is 103 Å². The Morgan fingerprint density at radius 1 is 0.694 bits per heavy atom. The van der Waals surface area contributed by atoms with Gasteiger partial charge in [-0.25, -0.2) is 0 Å². The minimum absolute atomic E-state index is 0.0167. The number of carbonyl (C=O) groups is 6. The van der Waals surface area contributed by atoms with Crippen LogP contribution in [-0.4, -0.2) is 72.2 Å². The second-order valence-electron chi connectivity index (χ2n) is 14.1. The lowest BCUT2D eigenvalue weighted by Crippen LogP contribution is -2.61. The van der Waals surface area contributed by atoms with Gasteiger partial charge in [0.2, 0.25) is 35.4 Å². The molecule has 0 aromatic heterocycles. The molecule has 0 bridgehead atoms. The van der Waals surface area contributed by atoms with Gasteiger partial charge in [0, 0.05) is 19.4 Å². The second kappa shape index (κ2) is 21.9. The zero-order valence-corrected chi connectivity index (χ0v) is 30.4. The Morgan fingerprint density at radius 2 is 1.22 bits per heavy atom. The first-order valence-corrected chi connectivity index (χ1v) is 18.1. The third-order valence-corrected chi connectivity index (χ3v) is 8.49. The molecule has 12 nitrogen and oxygen atoms in total. The molecule has 49 heavy (non-hydrogen) atoms. The summed E-state index contributed by atoms with van der Waals surface area (Å²) in [6.45, 7) is 11.1. The average molecular weight is 685 g/mol. The predicted molar refractivity (Wildman–Crippen MR) is 190 cm³/mol. The summed E-state index contributed by atoms with van der Waals surface area (Å²) in [5, 5.41) is 16.5.